The quantitative estimate of drug-likeness (QED) is 0.161. The fourth-order valence-corrected chi connectivity index (χ4v) is 5.53. The number of halogens is 2. The van der Waals surface area contributed by atoms with Crippen LogP contribution in [0.15, 0.2) is 93.5 Å². The maximum atomic E-state index is 13.3. The number of sulfonamides is 1. The minimum Gasteiger partial charge on any atom is -0.462 e. The van der Waals surface area contributed by atoms with Gasteiger partial charge < -0.3 is 10.1 Å². The van der Waals surface area contributed by atoms with Gasteiger partial charge >= 0.3 is 5.97 Å². The molecule has 0 atom stereocenters. The molecule has 0 saturated heterocycles. The molecule has 1 heterocycles. The lowest BCUT2D eigenvalue weighted by atomic mass is 10.0. The fraction of sp³-hybridized carbons (Fsp3) is 0.0769. The molecule has 10 heteroatoms. The molecule has 0 spiro atoms. The molecule has 184 valence electrons. The number of amidine groups is 1. The first kappa shape index (κ1) is 25.6. The van der Waals surface area contributed by atoms with Gasteiger partial charge in [-0.25, -0.2) is 9.18 Å². The van der Waals surface area contributed by atoms with Crippen molar-refractivity contribution in [1.82, 2.24) is 0 Å². The molecule has 0 aliphatic heterocycles. The van der Waals surface area contributed by atoms with Crippen LogP contribution in [0.4, 0.5) is 9.39 Å². The van der Waals surface area contributed by atoms with E-state index in [9.17, 15) is 17.6 Å². The van der Waals surface area contributed by atoms with Gasteiger partial charge in [-0.2, -0.15) is 8.42 Å². The van der Waals surface area contributed by atoms with Crippen molar-refractivity contribution in [2.24, 2.45) is 4.40 Å². The van der Waals surface area contributed by atoms with Crippen molar-refractivity contribution in [2.75, 3.05) is 11.9 Å². The minimum atomic E-state index is -4.21. The van der Waals surface area contributed by atoms with Crippen LogP contribution < -0.4 is 5.32 Å². The van der Waals surface area contributed by atoms with E-state index in [4.69, 9.17) is 16.3 Å². The zero-order valence-corrected chi connectivity index (χ0v) is 21.3. The molecule has 4 rings (SSSR count). The second-order valence-electron chi connectivity index (χ2n) is 7.41. The second kappa shape index (κ2) is 11.0. The molecule has 3 aromatic carbocycles. The Balaban J connectivity index is 1.84. The molecule has 0 bridgehead atoms. The molecule has 0 amide bonds. The Hall–Kier alpha value is -3.53. The average molecular weight is 543 g/mol. The van der Waals surface area contributed by atoms with Gasteiger partial charge in [-0.1, -0.05) is 60.1 Å². The molecular formula is C26H20ClFN2O4S2. The number of hydrogen-bond donors (Lipinski definition) is 1. The predicted molar refractivity (Wildman–Crippen MR) is 141 cm³/mol. The number of ether oxygens (including phenoxy) is 1. The number of carbonyl (C=O) groups is 1. The maximum Gasteiger partial charge on any atom is 0.341 e. The number of carbonyl (C=O) groups excluding carboxylic acids is 1. The molecular weight excluding hydrogens is 523 g/mol. The number of nitrogens with zero attached hydrogens (tertiary/aromatic N) is 1. The van der Waals surface area contributed by atoms with E-state index in [1.165, 1.54) is 11.3 Å². The highest BCUT2D eigenvalue weighted by Gasteiger charge is 2.25. The summed E-state index contributed by atoms with van der Waals surface area (Å²) in [7, 11) is -4.21. The molecule has 36 heavy (non-hydrogen) atoms. The van der Waals surface area contributed by atoms with E-state index in [0.717, 1.165) is 24.3 Å². The third-order valence-corrected chi connectivity index (χ3v) is 7.55. The van der Waals surface area contributed by atoms with E-state index in [2.05, 4.69) is 9.71 Å². The van der Waals surface area contributed by atoms with Crippen LogP contribution in [0.1, 0.15) is 22.8 Å². The van der Waals surface area contributed by atoms with E-state index in [1.807, 2.05) is 0 Å². The van der Waals surface area contributed by atoms with E-state index in [1.54, 1.807) is 66.9 Å². The molecule has 6 nitrogen and oxygen atoms in total. The Morgan fingerprint density at radius 2 is 1.67 bits per heavy atom. The van der Waals surface area contributed by atoms with Gasteiger partial charge in [0.05, 0.1) is 11.5 Å². The lowest BCUT2D eigenvalue weighted by molar-refractivity contribution is 0.0529. The lowest BCUT2D eigenvalue weighted by Crippen LogP contribution is -2.18. The highest BCUT2D eigenvalue weighted by Crippen LogP contribution is 2.39. The van der Waals surface area contributed by atoms with E-state index < -0.39 is 21.8 Å². The van der Waals surface area contributed by atoms with Crippen molar-refractivity contribution >= 4 is 49.8 Å². The van der Waals surface area contributed by atoms with Crippen molar-refractivity contribution in [2.45, 2.75) is 11.8 Å². The van der Waals surface area contributed by atoms with E-state index >= 15 is 0 Å². The van der Waals surface area contributed by atoms with Crippen molar-refractivity contribution in [1.29, 1.82) is 0 Å². The highest BCUT2D eigenvalue weighted by atomic mass is 35.5. The van der Waals surface area contributed by atoms with Crippen LogP contribution in [0.2, 0.25) is 5.02 Å². The summed E-state index contributed by atoms with van der Waals surface area (Å²) in [5.41, 5.74) is 1.84. The van der Waals surface area contributed by atoms with Gasteiger partial charge in [0.1, 0.15) is 16.4 Å². The fourth-order valence-electron chi connectivity index (χ4n) is 3.36. The number of benzene rings is 3. The molecule has 0 unspecified atom stereocenters. The molecule has 1 aromatic heterocycles. The monoisotopic (exact) mass is 542 g/mol. The Morgan fingerprint density at radius 3 is 2.33 bits per heavy atom. The number of hydrogen-bond acceptors (Lipinski definition) is 5. The number of esters is 1. The molecule has 1 N–H and O–H groups in total. The van der Waals surface area contributed by atoms with Crippen molar-refractivity contribution in [3.05, 3.63) is 106 Å². The van der Waals surface area contributed by atoms with Crippen LogP contribution in [0, 0.1) is 5.82 Å². The zero-order chi connectivity index (χ0) is 25.7. The van der Waals surface area contributed by atoms with Crippen LogP contribution in [0.3, 0.4) is 0 Å². The maximum absolute atomic E-state index is 13.3. The second-order valence-corrected chi connectivity index (χ2v) is 10.3. The summed E-state index contributed by atoms with van der Waals surface area (Å²) < 4.78 is 48.7. The van der Waals surface area contributed by atoms with E-state index in [0.29, 0.717) is 26.7 Å². The van der Waals surface area contributed by atoms with Crippen LogP contribution in [-0.2, 0) is 14.8 Å². The van der Waals surface area contributed by atoms with Gasteiger partial charge in [-0.3, -0.25) is 0 Å². The third-order valence-electron chi connectivity index (χ3n) is 5.04. The first-order valence-corrected chi connectivity index (χ1v) is 13.5. The van der Waals surface area contributed by atoms with Crippen LogP contribution >= 0.6 is 22.9 Å². The summed E-state index contributed by atoms with van der Waals surface area (Å²) in [5.74, 6) is -1.17. The van der Waals surface area contributed by atoms with Crippen molar-refractivity contribution in [3.8, 4) is 11.1 Å². The van der Waals surface area contributed by atoms with Gasteiger partial charge in [0.25, 0.3) is 10.0 Å². The van der Waals surface area contributed by atoms with Crippen molar-refractivity contribution in [3.63, 3.8) is 0 Å². The summed E-state index contributed by atoms with van der Waals surface area (Å²) >= 11 is 7.58. The number of thiophene rings is 1. The zero-order valence-electron chi connectivity index (χ0n) is 18.9. The molecule has 4 aromatic rings. The topological polar surface area (TPSA) is 84.8 Å². The first-order chi connectivity index (χ1) is 17.3. The Labute approximate surface area is 217 Å². The molecule has 0 saturated carbocycles. The van der Waals surface area contributed by atoms with E-state index in [-0.39, 0.29) is 22.9 Å². The standard InChI is InChI=1S/C26H20ClFN2O4S2/c1-2-34-26(31)23-21(20-10-6-7-11-22(20)27)16-35-25(23)29-24(17-8-4-3-5-9-17)30-36(32,33)19-14-12-18(28)13-15-19/h3-16H,2H2,1H3,(H,29,30). The largest absolute Gasteiger partial charge is 0.462 e. The Kier molecular flexibility index (Phi) is 7.83. The number of anilines is 1. The Morgan fingerprint density at radius 1 is 1.00 bits per heavy atom. The number of rotatable bonds is 7. The minimum absolute atomic E-state index is 0.0157. The average Bonchev–Trinajstić information content (AvgIpc) is 3.28. The van der Waals surface area contributed by atoms with Gasteiger partial charge in [0.15, 0.2) is 5.84 Å². The van der Waals surface area contributed by atoms with Gasteiger partial charge in [-0.05, 0) is 37.3 Å². The molecule has 0 aliphatic carbocycles. The third kappa shape index (κ3) is 5.64. The smallest absolute Gasteiger partial charge is 0.341 e. The normalized spacial score (nSPS) is 11.8. The molecule has 0 radical (unpaired) electrons. The van der Waals surface area contributed by atoms with Gasteiger partial charge in [-0.15, -0.1) is 15.7 Å². The summed E-state index contributed by atoms with van der Waals surface area (Å²) in [6.07, 6.45) is 0. The summed E-state index contributed by atoms with van der Waals surface area (Å²) in [6, 6.07) is 20.0. The summed E-state index contributed by atoms with van der Waals surface area (Å²) in [5, 5.41) is 5.55. The summed E-state index contributed by atoms with van der Waals surface area (Å²) in [6.45, 7) is 1.84. The number of nitrogens with one attached hydrogen (secondary N) is 1. The SMILES string of the molecule is CCOC(=O)c1c(-c2ccccc2Cl)csc1N/C(=N\S(=O)(=O)c1ccc(F)cc1)c1ccccc1. The van der Waals surface area contributed by atoms with Crippen LogP contribution in [-0.4, -0.2) is 26.8 Å². The lowest BCUT2D eigenvalue weighted by Gasteiger charge is -2.12. The van der Waals surface area contributed by atoms with Gasteiger partial charge in [0, 0.05) is 27.1 Å². The summed E-state index contributed by atoms with van der Waals surface area (Å²) in [4.78, 5) is 12.8. The predicted octanol–water partition coefficient (Wildman–Crippen LogP) is 6.63. The first-order valence-electron chi connectivity index (χ1n) is 10.8. The van der Waals surface area contributed by atoms with Crippen molar-refractivity contribution < 1.29 is 22.3 Å². The molecule has 0 fully saturated rings. The van der Waals surface area contributed by atoms with Crippen LogP contribution in [0.5, 0.6) is 0 Å². The Bertz CT molecular complexity index is 1520. The van der Waals surface area contributed by atoms with Gasteiger partial charge in [0.2, 0.25) is 0 Å². The highest BCUT2D eigenvalue weighted by molar-refractivity contribution is 7.90. The molecule has 0 aliphatic rings. The van der Waals surface area contributed by atoms with Crippen LogP contribution in [0.25, 0.3) is 11.1 Å².